The Balaban J connectivity index is 2.23. The number of aryl methyl sites for hydroxylation is 1. The highest BCUT2D eigenvalue weighted by Gasteiger charge is 2.13. The van der Waals surface area contributed by atoms with Gasteiger partial charge in [0.25, 0.3) is 0 Å². The van der Waals surface area contributed by atoms with E-state index >= 15 is 0 Å². The Morgan fingerprint density at radius 3 is 2.14 bits per heavy atom. The molecule has 108 valence electrons. The Hall–Kier alpha value is -2.62. The molecule has 0 fully saturated rings. The molecule has 2 rings (SSSR count). The summed E-state index contributed by atoms with van der Waals surface area (Å²) in [5, 5.41) is 18.6. The maximum atomic E-state index is 11.8. The highest BCUT2D eigenvalue weighted by molar-refractivity contribution is 6.00. The van der Waals surface area contributed by atoms with Gasteiger partial charge in [0.15, 0.2) is 5.78 Å². The van der Waals surface area contributed by atoms with E-state index in [2.05, 4.69) is 0 Å². The van der Waals surface area contributed by atoms with Crippen LogP contribution in [0.15, 0.2) is 42.5 Å². The van der Waals surface area contributed by atoms with Crippen LogP contribution in [-0.4, -0.2) is 22.0 Å². The molecule has 0 saturated heterocycles. The first-order valence-corrected chi connectivity index (χ1v) is 6.62. The maximum absolute atomic E-state index is 11.8. The van der Waals surface area contributed by atoms with Gasteiger partial charge < -0.3 is 10.2 Å². The third-order valence-corrected chi connectivity index (χ3v) is 3.25. The van der Waals surface area contributed by atoms with E-state index in [1.807, 2.05) is 31.2 Å². The third-order valence-electron chi connectivity index (χ3n) is 3.25. The predicted octanol–water partition coefficient (Wildman–Crippen LogP) is 3.42. The number of rotatable bonds is 5. The number of ketones is 1. The van der Waals surface area contributed by atoms with E-state index in [4.69, 9.17) is 5.11 Å². The average Bonchev–Trinajstić information content (AvgIpc) is 2.45. The van der Waals surface area contributed by atoms with E-state index in [9.17, 15) is 14.7 Å². The minimum atomic E-state index is -1.03. The van der Waals surface area contributed by atoms with Crippen LogP contribution in [0.1, 0.15) is 28.8 Å². The van der Waals surface area contributed by atoms with E-state index in [1.165, 1.54) is 12.1 Å². The quantitative estimate of drug-likeness (QED) is 0.825. The minimum absolute atomic E-state index is 0.118. The molecule has 4 heteroatoms. The smallest absolute Gasteiger partial charge is 0.303 e. The molecule has 0 aliphatic heterocycles. The zero-order valence-electron chi connectivity index (χ0n) is 11.7. The third kappa shape index (κ3) is 3.69. The molecule has 4 nitrogen and oxygen atoms in total. The fraction of sp³-hybridized carbons (Fsp3) is 0.176. The fourth-order valence-electron chi connectivity index (χ4n) is 2.05. The number of Topliss-reactive ketones (excluding diaryl/α,β-unsaturated/α-hetero) is 1. The molecule has 0 aromatic heterocycles. The molecule has 0 atom stereocenters. The van der Waals surface area contributed by atoms with Gasteiger partial charge in [-0.1, -0.05) is 35.9 Å². The van der Waals surface area contributed by atoms with Gasteiger partial charge in [-0.15, -0.1) is 0 Å². The highest BCUT2D eigenvalue weighted by atomic mass is 16.4. The van der Waals surface area contributed by atoms with Crippen molar-refractivity contribution in [3.63, 3.8) is 0 Å². The summed E-state index contributed by atoms with van der Waals surface area (Å²) in [7, 11) is 0. The topological polar surface area (TPSA) is 74.6 Å². The Bertz CT molecular complexity index is 672. The Morgan fingerprint density at radius 1 is 0.952 bits per heavy atom. The maximum Gasteiger partial charge on any atom is 0.303 e. The van der Waals surface area contributed by atoms with Crippen LogP contribution in [0.4, 0.5) is 0 Å². The summed E-state index contributed by atoms with van der Waals surface area (Å²) in [6.07, 6.45) is -0.356. The van der Waals surface area contributed by atoms with Crippen LogP contribution in [0.5, 0.6) is 5.75 Å². The number of phenolic OH excluding ortho intramolecular Hbond substituents is 1. The van der Waals surface area contributed by atoms with Crippen LogP contribution in [0.25, 0.3) is 11.1 Å². The zero-order chi connectivity index (χ0) is 15.4. The number of hydrogen-bond donors (Lipinski definition) is 2. The largest absolute Gasteiger partial charge is 0.507 e. The van der Waals surface area contributed by atoms with Crippen LogP contribution in [0.2, 0.25) is 0 Å². The molecule has 21 heavy (non-hydrogen) atoms. The van der Waals surface area contributed by atoms with Crippen molar-refractivity contribution in [3.05, 3.63) is 53.6 Å². The average molecular weight is 284 g/mol. The van der Waals surface area contributed by atoms with Crippen LogP contribution in [0, 0.1) is 6.92 Å². The summed E-state index contributed by atoms with van der Waals surface area (Å²) in [5.74, 6) is -1.52. The van der Waals surface area contributed by atoms with Gasteiger partial charge in [-0.2, -0.15) is 0 Å². The number of carbonyl (C=O) groups is 2. The van der Waals surface area contributed by atoms with Gasteiger partial charge in [0.2, 0.25) is 0 Å². The first-order valence-electron chi connectivity index (χ1n) is 6.62. The summed E-state index contributed by atoms with van der Waals surface area (Å²) in [6.45, 7) is 1.99. The van der Waals surface area contributed by atoms with E-state index in [0.29, 0.717) is 0 Å². The van der Waals surface area contributed by atoms with Gasteiger partial charge in [-0.05, 0) is 30.2 Å². The first-order chi connectivity index (χ1) is 9.97. The SMILES string of the molecule is Cc1ccc(-c2ccc(C(=O)CCC(=O)O)c(O)c2)cc1. The number of benzene rings is 2. The van der Waals surface area contributed by atoms with E-state index in [1.54, 1.807) is 6.07 Å². The molecule has 0 spiro atoms. The summed E-state index contributed by atoms with van der Waals surface area (Å²) >= 11 is 0. The molecule has 2 aromatic carbocycles. The normalized spacial score (nSPS) is 10.3. The highest BCUT2D eigenvalue weighted by Crippen LogP contribution is 2.27. The fourth-order valence-corrected chi connectivity index (χ4v) is 2.05. The molecule has 2 N–H and O–H groups in total. The summed E-state index contributed by atoms with van der Waals surface area (Å²) in [4.78, 5) is 22.3. The molecule has 0 radical (unpaired) electrons. The second kappa shape index (κ2) is 6.22. The number of carboxylic acid groups (broad SMARTS) is 1. The first kappa shape index (κ1) is 14.8. The molecular weight excluding hydrogens is 268 g/mol. The lowest BCUT2D eigenvalue weighted by atomic mass is 9.99. The van der Waals surface area contributed by atoms with Gasteiger partial charge in [-0.25, -0.2) is 0 Å². The Morgan fingerprint density at radius 2 is 1.57 bits per heavy atom. The molecule has 0 aliphatic carbocycles. The van der Waals surface area contributed by atoms with Crippen molar-refractivity contribution in [2.75, 3.05) is 0 Å². The van der Waals surface area contributed by atoms with Crippen LogP contribution >= 0.6 is 0 Å². The lowest BCUT2D eigenvalue weighted by molar-refractivity contribution is -0.136. The van der Waals surface area contributed by atoms with E-state index in [0.717, 1.165) is 16.7 Å². The second-order valence-corrected chi connectivity index (χ2v) is 4.91. The summed E-state index contributed by atoms with van der Waals surface area (Å²) in [6, 6.07) is 12.6. The van der Waals surface area contributed by atoms with Gasteiger partial charge in [-0.3, -0.25) is 9.59 Å². The van der Waals surface area contributed by atoms with Crippen LogP contribution in [-0.2, 0) is 4.79 Å². The second-order valence-electron chi connectivity index (χ2n) is 4.91. The lowest BCUT2D eigenvalue weighted by Gasteiger charge is -2.07. The van der Waals surface area contributed by atoms with Gasteiger partial charge in [0, 0.05) is 6.42 Å². The molecule has 2 aromatic rings. The summed E-state index contributed by atoms with van der Waals surface area (Å²) < 4.78 is 0. The molecule has 0 saturated carbocycles. The predicted molar refractivity (Wildman–Crippen MR) is 79.5 cm³/mol. The number of aliphatic carboxylic acids is 1. The number of carbonyl (C=O) groups excluding carboxylic acids is 1. The number of phenols is 1. The zero-order valence-corrected chi connectivity index (χ0v) is 11.7. The monoisotopic (exact) mass is 284 g/mol. The van der Waals surface area contributed by atoms with Crippen molar-refractivity contribution in [1.82, 2.24) is 0 Å². The van der Waals surface area contributed by atoms with Crippen molar-refractivity contribution >= 4 is 11.8 Å². The Labute approximate surface area is 122 Å². The Kier molecular flexibility index (Phi) is 4.38. The van der Waals surface area contributed by atoms with Crippen LogP contribution in [0.3, 0.4) is 0 Å². The molecule has 0 aliphatic rings. The molecule has 0 bridgehead atoms. The van der Waals surface area contributed by atoms with Crippen molar-refractivity contribution in [3.8, 4) is 16.9 Å². The molecule has 0 amide bonds. The van der Waals surface area contributed by atoms with Gasteiger partial charge in [0.05, 0.1) is 12.0 Å². The lowest BCUT2D eigenvalue weighted by Crippen LogP contribution is -2.04. The molecular formula is C17H16O4. The van der Waals surface area contributed by atoms with Crippen molar-refractivity contribution in [2.24, 2.45) is 0 Å². The number of aromatic hydroxyl groups is 1. The van der Waals surface area contributed by atoms with E-state index < -0.39 is 5.97 Å². The summed E-state index contributed by atoms with van der Waals surface area (Å²) in [5.41, 5.74) is 3.05. The molecule has 0 unspecified atom stereocenters. The van der Waals surface area contributed by atoms with Crippen molar-refractivity contribution in [2.45, 2.75) is 19.8 Å². The number of carboxylic acids is 1. The van der Waals surface area contributed by atoms with E-state index in [-0.39, 0.29) is 29.9 Å². The standard InChI is InChI=1S/C17H16O4/c1-11-2-4-12(5-3-11)13-6-7-14(16(19)10-13)15(18)8-9-17(20)21/h2-7,10,19H,8-9H2,1H3,(H,20,21). The number of hydrogen-bond acceptors (Lipinski definition) is 3. The van der Waals surface area contributed by atoms with Crippen LogP contribution < -0.4 is 0 Å². The van der Waals surface area contributed by atoms with Crippen molar-refractivity contribution < 1.29 is 19.8 Å². The van der Waals surface area contributed by atoms with Gasteiger partial charge >= 0.3 is 5.97 Å². The minimum Gasteiger partial charge on any atom is -0.507 e. The van der Waals surface area contributed by atoms with Crippen molar-refractivity contribution in [1.29, 1.82) is 0 Å². The molecule has 0 heterocycles. The van der Waals surface area contributed by atoms with Gasteiger partial charge in [0.1, 0.15) is 5.75 Å².